The van der Waals surface area contributed by atoms with Crippen LogP contribution in [0.3, 0.4) is 0 Å². The van der Waals surface area contributed by atoms with Gasteiger partial charge in [0.25, 0.3) is 0 Å². The highest BCUT2D eigenvalue weighted by molar-refractivity contribution is 7.89. The van der Waals surface area contributed by atoms with E-state index in [-0.39, 0.29) is 10.5 Å². The minimum absolute atomic E-state index is 0.154. The van der Waals surface area contributed by atoms with Crippen molar-refractivity contribution < 1.29 is 8.42 Å². The van der Waals surface area contributed by atoms with Crippen molar-refractivity contribution in [2.24, 2.45) is 11.8 Å². The molecular formula is C16H20N2O2S. The van der Waals surface area contributed by atoms with E-state index in [0.717, 1.165) is 12.8 Å². The number of nitriles is 1. The first-order valence-corrected chi connectivity index (χ1v) is 9.06. The van der Waals surface area contributed by atoms with Gasteiger partial charge < -0.3 is 0 Å². The minimum atomic E-state index is -3.54. The molecule has 112 valence electrons. The van der Waals surface area contributed by atoms with Crippen LogP contribution in [0.4, 0.5) is 0 Å². The molecular weight excluding hydrogens is 284 g/mol. The van der Waals surface area contributed by atoms with E-state index in [1.807, 2.05) is 6.07 Å². The second kappa shape index (κ2) is 5.78. The van der Waals surface area contributed by atoms with Gasteiger partial charge >= 0.3 is 0 Å². The Morgan fingerprint density at radius 1 is 1.10 bits per heavy atom. The van der Waals surface area contributed by atoms with Crippen molar-refractivity contribution in [2.75, 3.05) is 13.1 Å². The Kier molecular flexibility index (Phi) is 4.01. The van der Waals surface area contributed by atoms with Crippen molar-refractivity contribution >= 4 is 10.0 Å². The molecule has 0 bridgehead atoms. The Morgan fingerprint density at radius 2 is 1.81 bits per heavy atom. The van der Waals surface area contributed by atoms with E-state index in [2.05, 4.69) is 0 Å². The summed E-state index contributed by atoms with van der Waals surface area (Å²) in [4.78, 5) is 0.154. The molecule has 0 amide bonds. The number of sulfonamides is 1. The molecule has 3 rings (SSSR count). The fourth-order valence-corrected chi connectivity index (χ4v) is 5.36. The Bertz CT molecular complexity index is 663. The summed E-state index contributed by atoms with van der Waals surface area (Å²) in [6.45, 7) is 1.20. The molecule has 0 aromatic heterocycles. The number of fused-ring (bicyclic) bond motifs is 1. The number of nitrogens with zero attached hydrogens (tertiary/aromatic N) is 2. The predicted molar refractivity (Wildman–Crippen MR) is 80.0 cm³/mol. The van der Waals surface area contributed by atoms with Gasteiger partial charge in [-0.05, 0) is 36.8 Å². The Balaban J connectivity index is 1.87. The third-order valence-electron chi connectivity index (χ3n) is 4.88. The molecule has 0 spiro atoms. The smallest absolute Gasteiger partial charge is 0.207 e. The Hall–Kier alpha value is -1.38. The Labute approximate surface area is 126 Å². The zero-order chi connectivity index (χ0) is 14.9. The predicted octanol–water partition coefficient (Wildman–Crippen LogP) is 2.76. The van der Waals surface area contributed by atoms with Gasteiger partial charge in [0.05, 0.1) is 10.5 Å². The van der Waals surface area contributed by atoms with E-state index in [1.165, 1.54) is 19.3 Å². The maximum Gasteiger partial charge on any atom is 0.244 e. The molecule has 0 unspecified atom stereocenters. The lowest BCUT2D eigenvalue weighted by molar-refractivity contribution is 0.136. The van der Waals surface area contributed by atoms with Crippen LogP contribution >= 0.6 is 0 Å². The second-order valence-electron chi connectivity index (χ2n) is 6.06. The molecule has 1 heterocycles. The summed E-state index contributed by atoms with van der Waals surface area (Å²) in [5.74, 6) is 1.19. The van der Waals surface area contributed by atoms with Crippen LogP contribution in [0.25, 0.3) is 0 Å². The van der Waals surface area contributed by atoms with Crippen LogP contribution in [-0.4, -0.2) is 25.8 Å². The Morgan fingerprint density at radius 3 is 2.57 bits per heavy atom. The third kappa shape index (κ3) is 2.70. The molecule has 1 aliphatic heterocycles. The molecule has 1 aromatic rings. The van der Waals surface area contributed by atoms with Crippen LogP contribution in [0.15, 0.2) is 29.2 Å². The van der Waals surface area contributed by atoms with Gasteiger partial charge in [-0.25, -0.2) is 8.42 Å². The van der Waals surface area contributed by atoms with Crippen molar-refractivity contribution in [2.45, 2.75) is 37.0 Å². The van der Waals surface area contributed by atoms with E-state index in [1.54, 1.807) is 28.6 Å². The van der Waals surface area contributed by atoms with Gasteiger partial charge in [0.15, 0.2) is 0 Å². The second-order valence-corrected chi connectivity index (χ2v) is 7.97. The highest BCUT2D eigenvalue weighted by Crippen LogP contribution is 2.37. The highest BCUT2D eigenvalue weighted by atomic mass is 32.2. The SMILES string of the molecule is N#Cc1ccccc1S(=O)(=O)N1CC[C@@H]2CCCC[C@@H]2C1. The summed E-state index contributed by atoms with van der Waals surface area (Å²) >= 11 is 0. The maximum absolute atomic E-state index is 12.8. The normalized spacial score (nSPS) is 26.8. The van der Waals surface area contributed by atoms with Gasteiger partial charge in [0.1, 0.15) is 6.07 Å². The van der Waals surface area contributed by atoms with Crippen LogP contribution in [0.5, 0.6) is 0 Å². The van der Waals surface area contributed by atoms with Crippen molar-refractivity contribution in [3.63, 3.8) is 0 Å². The first kappa shape index (κ1) is 14.6. The van der Waals surface area contributed by atoms with Crippen molar-refractivity contribution in [3.05, 3.63) is 29.8 Å². The van der Waals surface area contributed by atoms with Gasteiger partial charge in [-0.3, -0.25) is 0 Å². The quantitative estimate of drug-likeness (QED) is 0.844. The molecule has 1 saturated carbocycles. The van der Waals surface area contributed by atoms with Crippen LogP contribution in [-0.2, 0) is 10.0 Å². The van der Waals surface area contributed by atoms with Gasteiger partial charge in [-0.1, -0.05) is 31.4 Å². The fourth-order valence-electron chi connectivity index (χ4n) is 3.71. The molecule has 0 radical (unpaired) electrons. The van der Waals surface area contributed by atoms with Crippen LogP contribution in [0.2, 0.25) is 0 Å². The molecule has 1 aromatic carbocycles. The third-order valence-corrected chi connectivity index (χ3v) is 6.80. The largest absolute Gasteiger partial charge is 0.244 e. The molecule has 0 N–H and O–H groups in total. The summed E-state index contributed by atoms with van der Waals surface area (Å²) in [6.07, 6.45) is 5.83. The molecule has 5 heteroatoms. The zero-order valence-corrected chi connectivity index (χ0v) is 12.8. The topological polar surface area (TPSA) is 61.2 Å². The van der Waals surface area contributed by atoms with Crippen molar-refractivity contribution in [1.29, 1.82) is 5.26 Å². The van der Waals surface area contributed by atoms with Gasteiger partial charge in [-0.2, -0.15) is 9.57 Å². The molecule has 4 nitrogen and oxygen atoms in total. The summed E-state index contributed by atoms with van der Waals surface area (Å²) < 4.78 is 27.2. The summed E-state index contributed by atoms with van der Waals surface area (Å²) in [5.41, 5.74) is 0.239. The van der Waals surface area contributed by atoms with Crippen molar-refractivity contribution in [1.82, 2.24) is 4.31 Å². The molecule has 2 atom stereocenters. The summed E-state index contributed by atoms with van der Waals surface area (Å²) in [7, 11) is -3.54. The van der Waals surface area contributed by atoms with Gasteiger partial charge in [0, 0.05) is 13.1 Å². The van der Waals surface area contributed by atoms with Crippen LogP contribution in [0.1, 0.15) is 37.7 Å². The number of rotatable bonds is 2. The summed E-state index contributed by atoms with van der Waals surface area (Å²) in [6, 6.07) is 8.48. The first-order valence-electron chi connectivity index (χ1n) is 7.62. The van der Waals surface area contributed by atoms with Gasteiger partial charge in [-0.15, -0.1) is 0 Å². The molecule has 2 aliphatic rings. The van der Waals surface area contributed by atoms with Gasteiger partial charge in [0.2, 0.25) is 10.0 Å². The number of hydrogen-bond acceptors (Lipinski definition) is 3. The van der Waals surface area contributed by atoms with E-state index < -0.39 is 10.0 Å². The summed E-state index contributed by atoms with van der Waals surface area (Å²) in [5, 5.41) is 9.13. The number of benzene rings is 1. The lowest BCUT2D eigenvalue weighted by atomic mass is 9.76. The van der Waals surface area contributed by atoms with E-state index in [0.29, 0.717) is 24.9 Å². The van der Waals surface area contributed by atoms with Crippen molar-refractivity contribution in [3.8, 4) is 6.07 Å². The maximum atomic E-state index is 12.8. The molecule has 2 fully saturated rings. The standard InChI is InChI=1S/C16H20N2O2S/c17-11-14-6-3-4-8-16(14)21(19,20)18-10-9-13-5-1-2-7-15(13)12-18/h3-4,6,8,13,15H,1-2,5,7,9-10,12H2/t13-,15+/m0/s1. The average Bonchev–Trinajstić information content (AvgIpc) is 2.54. The van der Waals surface area contributed by atoms with E-state index >= 15 is 0 Å². The molecule has 1 saturated heterocycles. The van der Waals surface area contributed by atoms with E-state index in [4.69, 9.17) is 5.26 Å². The lowest BCUT2D eigenvalue weighted by Crippen LogP contribution is -2.44. The minimum Gasteiger partial charge on any atom is -0.207 e. The lowest BCUT2D eigenvalue weighted by Gasteiger charge is -2.40. The monoisotopic (exact) mass is 304 g/mol. The fraction of sp³-hybridized carbons (Fsp3) is 0.562. The number of hydrogen-bond donors (Lipinski definition) is 0. The van der Waals surface area contributed by atoms with Crippen LogP contribution < -0.4 is 0 Å². The average molecular weight is 304 g/mol. The molecule has 21 heavy (non-hydrogen) atoms. The van der Waals surface area contributed by atoms with Crippen LogP contribution in [0, 0.1) is 23.2 Å². The first-order chi connectivity index (χ1) is 10.1. The molecule has 1 aliphatic carbocycles. The van der Waals surface area contributed by atoms with E-state index in [9.17, 15) is 8.42 Å². The number of piperidine rings is 1. The highest BCUT2D eigenvalue weighted by Gasteiger charge is 2.37. The zero-order valence-electron chi connectivity index (χ0n) is 12.0.